The van der Waals surface area contributed by atoms with Crippen molar-refractivity contribution in [3.05, 3.63) is 83.0 Å². The van der Waals surface area contributed by atoms with E-state index in [0.717, 1.165) is 11.1 Å². The van der Waals surface area contributed by atoms with Crippen molar-refractivity contribution in [3.63, 3.8) is 0 Å². The number of anilines is 1. The van der Waals surface area contributed by atoms with E-state index in [1.807, 2.05) is 60.8 Å². The van der Waals surface area contributed by atoms with Gasteiger partial charge >= 0.3 is 0 Å². The maximum Gasteiger partial charge on any atom is 0.263 e. The summed E-state index contributed by atoms with van der Waals surface area (Å²) in [6.07, 6.45) is 1.66. The SMILES string of the molecule is C=CCn1c(SCC(=O)Nc2ccccc2OCC)nc2scc(-c3ccccc3)c2c1=O. The topological polar surface area (TPSA) is 73.2 Å². The lowest BCUT2D eigenvalue weighted by Crippen LogP contribution is -2.23. The van der Waals surface area contributed by atoms with Crippen LogP contribution in [0.15, 0.2) is 82.6 Å². The summed E-state index contributed by atoms with van der Waals surface area (Å²) in [6, 6.07) is 17.1. The Kier molecular flexibility index (Phi) is 7.26. The van der Waals surface area contributed by atoms with Gasteiger partial charge in [-0.15, -0.1) is 17.9 Å². The zero-order valence-corrected chi connectivity index (χ0v) is 19.7. The Hall–Kier alpha value is -3.36. The quantitative estimate of drug-likeness (QED) is 0.197. The van der Waals surface area contributed by atoms with E-state index in [1.165, 1.54) is 23.1 Å². The number of rotatable bonds is 9. The van der Waals surface area contributed by atoms with Crippen molar-refractivity contribution in [1.29, 1.82) is 0 Å². The van der Waals surface area contributed by atoms with E-state index >= 15 is 0 Å². The molecule has 4 aromatic rings. The molecule has 2 aromatic carbocycles. The van der Waals surface area contributed by atoms with Gasteiger partial charge in [0.1, 0.15) is 10.6 Å². The zero-order valence-electron chi connectivity index (χ0n) is 18.1. The summed E-state index contributed by atoms with van der Waals surface area (Å²) in [5, 5.41) is 5.91. The number of para-hydroxylation sites is 2. The molecule has 33 heavy (non-hydrogen) atoms. The van der Waals surface area contributed by atoms with E-state index in [2.05, 4.69) is 11.9 Å². The second-order valence-corrected chi connectivity index (χ2v) is 8.86. The highest BCUT2D eigenvalue weighted by Gasteiger charge is 2.18. The van der Waals surface area contributed by atoms with Gasteiger partial charge in [-0.05, 0) is 24.6 Å². The van der Waals surface area contributed by atoms with Crippen molar-refractivity contribution in [2.75, 3.05) is 17.7 Å². The van der Waals surface area contributed by atoms with Crippen LogP contribution in [0.1, 0.15) is 6.92 Å². The van der Waals surface area contributed by atoms with Crippen LogP contribution in [0.2, 0.25) is 0 Å². The number of hydrogen-bond acceptors (Lipinski definition) is 6. The first-order valence-electron chi connectivity index (χ1n) is 10.4. The number of carbonyl (C=O) groups excluding carboxylic acids is 1. The smallest absolute Gasteiger partial charge is 0.263 e. The van der Waals surface area contributed by atoms with Gasteiger partial charge in [0, 0.05) is 17.5 Å². The lowest BCUT2D eigenvalue weighted by atomic mass is 10.1. The van der Waals surface area contributed by atoms with Crippen molar-refractivity contribution < 1.29 is 9.53 Å². The van der Waals surface area contributed by atoms with Gasteiger partial charge in [-0.3, -0.25) is 14.2 Å². The summed E-state index contributed by atoms with van der Waals surface area (Å²) < 4.78 is 7.14. The molecule has 0 bridgehead atoms. The number of thioether (sulfide) groups is 1. The maximum atomic E-state index is 13.4. The minimum Gasteiger partial charge on any atom is -0.492 e. The minimum absolute atomic E-state index is 0.104. The van der Waals surface area contributed by atoms with Crippen LogP contribution in [0.25, 0.3) is 21.3 Å². The Morgan fingerprint density at radius 1 is 1.21 bits per heavy atom. The molecular formula is C25H23N3O3S2. The molecule has 0 fully saturated rings. The molecule has 0 spiro atoms. The number of nitrogens with zero attached hydrogens (tertiary/aromatic N) is 2. The highest BCUT2D eigenvalue weighted by Crippen LogP contribution is 2.32. The third-order valence-electron chi connectivity index (χ3n) is 4.85. The predicted octanol–water partition coefficient (Wildman–Crippen LogP) is 5.44. The molecule has 0 aliphatic rings. The fourth-order valence-corrected chi connectivity index (χ4v) is 5.20. The molecule has 1 N–H and O–H groups in total. The highest BCUT2D eigenvalue weighted by atomic mass is 32.2. The van der Waals surface area contributed by atoms with Crippen LogP contribution in [0.5, 0.6) is 5.75 Å². The second kappa shape index (κ2) is 10.5. The van der Waals surface area contributed by atoms with Gasteiger partial charge in [0.2, 0.25) is 5.91 Å². The minimum atomic E-state index is -0.206. The molecule has 0 saturated heterocycles. The number of carbonyl (C=O) groups is 1. The molecule has 168 valence electrons. The summed E-state index contributed by atoms with van der Waals surface area (Å²) in [4.78, 5) is 31.4. The normalized spacial score (nSPS) is 10.8. The molecule has 0 aliphatic carbocycles. The number of benzene rings is 2. The molecule has 8 heteroatoms. The summed E-state index contributed by atoms with van der Waals surface area (Å²) >= 11 is 2.65. The summed E-state index contributed by atoms with van der Waals surface area (Å²) in [5.41, 5.74) is 2.32. The Bertz CT molecular complexity index is 1350. The van der Waals surface area contributed by atoms with Crippen LogP contribution in [-0.2, 0) is 11.3 Å². The molecule has 2 aromatic heterocycles. The first-order valence-corrected chi connectivity index (χ1v) is 12.3. The van der Waals surface area contributed by atoms with E-state index in [4.69, 9.17) is 9.72 Å². The van der Waals surface area contributed by atoms with Crippen LogP contribution in [-0.4, -0.2) is 27.8 Å². The Morgan fingerprint density at radius 2 is 1.97 bits per heavy atom. The van der Waals surface area contributed by atoms with Gasteiger partial charge < -0.3 is 10.1 Å². The average Bonchev–Trinajstić information content (AvgIpc) is 3.26. The fraction of sp³-hybridized carbons (Fsp3) is 0.160. The molecule has 0 aliphatic heterocycles. The van der Waals surface area contributed by atoms with Crippen molar-refractivity contribution in [2.45, 2.75) is 18.6 Å². The first-order chi connectivity index (χ1) is 16.1. The third-order valence-corrected chi connectivity index (χ3v) is 6.70. The second-order valence-electron chi connectivity index (χ2n) is 7.06. The maximum absolute atomic E-state index is 13.4. The number of allylic oxidation sites excluding steroid dienone is 1. The molecular weight excluding hydrogens is 454 g/mol. The number of hydrogen-bond donors (Lipinski definition) is 1. The van der Waals surface area contributed by atoms with E-state index in [1.54, 1.807) is 16.7 Å². The number of fused-ring (bicyclic) bond motifs is 1. The van der Waals surface area contributed by atoms with Crippen molar-refractivity contribution in [1.82, 2.24) is 9.55 Å². The van der Waals surface area contributed by atoms with Gasteiger partial charge in [-0.2, -0.15) is 0 Å². The molecule has 0 unspecified atom stereocenters. The van der Waals surface area contributed by atoms with Crippen LogP contribution < -0.4 is 15.6 Å². The predicted molar refractivity (Wildman–Crippen MR) is 136 cm³/mol. The van der Waals surface area contributed by atoms with Crippen LogP contribution in [0.4, 0.5) is 5.69 Å². The standard InChI is InChI=1S/C25H23N3O3S2/c1-3-14-28-24(30)22-18(17-10-6-5-7-11-17)15-32-23(22)27-25(28)33-16-21(29)26-19-12-8-9-13-20(19)31-4-2/h3,5-13,15H,1,4,14,16H2,2H3,(H,26,29). The average molecular weight is 478 g/mol. The molecule has 0 saturated carbocycles. The van der Waals surface area contributed by atoms with Gasteiger partial charge in [0.25, 0.3) is 5.56 Å². The molecule has 0 atom stereocenters. The molecule has 0 radical (unpaired) electrons. The van der Waals surface area contributed by atoms with E-state index in [9.17, 15) is 9.59 Å². The lowest BCUT2D eigenvalue weighted by molar-refractivity contribution is -0.113. The monoisotopic (exact) mass is 477 g/mol. The van der Waals surface area contributed by atoms with Gasteiger partial charge in [0.15, 0.2) is 5.16 Å². The Balaban J connectivity index is 1.60. The number of nitrogens with one attached hydrogen (secondary N) is 1. The van der Waals surface area contributed by atoms with Gasteiger partial charge in [0.05, 0.1) is 23.4 Å². The Morgan fingerprint density at radius 3 is 2.73 bits per heavy atom. The fourth-order valence-electron chi connectivity index (χ4n) is 3.40. The Labute approximate surface area is 199 Å². The van der Waals surface area contributed by atoms with Gasteiger partial charge in [-0.1, -0.05) is 60.3 Å². The number of ether oxygens (including phenoxy) is 1. The molecule has 4 rings (SSSR count). The lowest BCUT2D eigenvalue weighted by Gasteiger charge is -2.12. The summed E-state index contributed by atoms with van der Waals surface area (Å²) in [5.74, 6) is 0.517. The van der Waals surface area contributed by atoms with Crippen molar-refractivity contribution >= 4 is 44.9 Å². The largest absolute Gasteiger partial charge is 0.492 e. The van der Waals surface area contributed by atoms with E-state index < -0.39 is 0 Å². The summed E-state index contributed by atoms with van der Waals surface area (Å²) in [7, 11) is 0. The zero-order chi connectivity index (χ0) is 23.2. The highest BCUT2D eigenvalue weighted by molar-refractivity contribution is 7.99. The third kappa shape index (κ3) is 5.02. The number of aromatic nitrogens is 2. The molecule has 1 amide bonds. The van der Waals surface area contributed by atoms with Crippen LogP contribution in [0, 0.1) is 0 Å². The molecule has 6 nitrogen and oxygen atoms in total. The van der Waals surface area contributed by atoms with E-state index in [0.29, 0.717) is 40.0 Å². The summed E-state index contributed by atoms with van der Waals surface area (Å²) in [6.45, 7) is 6.48. The van der Waals surface area contributed by atoms with Crippen LogP contribution in [0.3, 0.4) is 0 Å². The van der Waals surface area contributed by atoms with Gasteiger partial charge in [-0.25, -0.2) is 4.98 Å². The first kappa shape index (κ1) is 22.8. The number of amides is 1. The molecule has 2 heterocycles. The van der Waals surface area contributed by atoms with Crippen molar-refractivity contribution in [2.24, 2.45) is 0 Å². The van der Waals surface area contributed by atoms with E-state index in [-0.39, 0.29) is 17.2 Å². The van der Waals surface area contributed by atoms with Crippen molar-refractivity contribution in [3.8, 4) is 16.9 Å². The number of thiophene rings is 1. The van der Waals surface area contributed by atoms with Crippen LogP contribution >= 0.6 is 23.1 Å².